The highest BCUT2D eigenvalue weighted by Crippen LogP contribution is 2.30. The number of nitrogens with two attached hydrogens (primary N) is 1. The topological polar surface area (TPSA) is 134 Å². The van der Waals surface area contributed by atoms with Crippen molar-refractivity contribution < 1.29 is 23.1 Å². The van der Waals surface area contributed by atoms with E-state index in [4.69, 9.17) is 10.5 Å². The Bertz CT molecular complexity index is 1310. The first-order valence-electron chi connectivity index (χ1n) is 11.4. The van der Waals surface area contributed by atoms with Gasteiger partial charge in [-0.25, -0.2) is 18.3 Å². The van der Waals surface area contributed by atoms with Gasteiger partial charge >= 0.3 is 0 Å². The van der Waals surface area contributed by atoms with Crippen molar-refractivity contribution in [2.45, 2.75) is 6.04 Å². The molecule has 190 valence electrons. The summed E-state index contributed by atoms with van der Waals surface area (Å²) in [6.07, 6.45) is 4.38. The summed E-state index contributed by atoms with van der Waals surface area (Å²) in [7, 11) is 1.89. The summed E-state index contributed by atoms with van der Waals surface area (Å²) in [5.41, 5.74) is 6.14. The van der Waals surface area contributed by atoms with Crippen molar-refractivity contribution in [2.24, 2.45) is 0 Å². The fraction of sp³-hybridized carbons (Fsp3) is 0.409. The number of carbonyl (C=O) groups is 2. The molecule has 3 aromatic heterocycles. The first-order valence-corrected chi connectivity index (χ1v) is 11.4. The number of rotatable bonds is 4. The number of carbonyl (C=O) groups excluding carboxylic acids is 2. The number of hydrogen-bond donors (Lipinski definition) is 2. The Balaban J connectivity index is 1.33. The Morgan fingerprint density at radius 3 is 2.67 bits per heavy atom. The van der Waals surface area contributed by atoms with Crippen LogP contribution in [0.5, 0.6) is 0 Å². The molecule has 0 aliphatic carbocycles. The number of ether oxygens (including phenoxy) is 1. The van der Waals surface area contributed by atoms with Crippen LogP contribution in [0.2, 0.25) is 0 Å². The normalized spacial score (nSPS) is 19.0. The Hall–Kier alpha value is -3.91. The van der Waals surface area contributed by atoms with Gasteiger partial charge in [0.1, 0.15) is 17.3 Å². The van der Waals surface area contributed by atoms with Crippen LogP contribution in [0.4, 0.5) is 26.0 Å². The largest absolute Gasteiger partial charge is 0.381 e. The third kappa shape index (κ3) is 4.40. The number of fused-ring (bicyclic) bond motifs is 1. The Labute approximate surface area is 204 Å². The molecule has 12 nitrogen and oxygen atoms in total. The zero-order valence-electron chi connectivity index (χ0n) is 19.5. The van der Waals surface area contributed by atoms with Crippen LogP contribution in [0.15, 0.2) is 24.8 Å². The molecule has 3 aromatic rings. The number of aromatic nitrogens is 4. The van der Waals surface area contributed by atoms with Crippen LogP contribution >= 0.6 is 0 Å². The fourth-order valence-electron chi connectivity index (χ4n) is 4.48. The molecule has 5 rings (SSSR count). The number of hydrogen-bond acceptors (Lipinski definition) is 9. The first kappa shape index (κ1) is 23.8. The van der Waals surface area contributed by atoms with Crippen molar-refractivity contribution in [2.75, 3.05) is 68.9 Å². The average Bonchev–Trinajstić information content (AvgIpc) is 3.19. The van der Waals surface area contributed by atoms with E-state index in [0.717, 1.165) is 23.1 Å². The molecule has 2 fully saturated rings. The third-order valence-electron chi connectivity index (χ3n) is 6.40. The number of piperazine rings is 1. The molecule has 0 bridgehead atoms. The van der Waals surface area contributed by atoms with Gasteiger partial charge in [0.05, 0.1) is 43.7 Å². The fourth-order valence-corrected chi connectivity index (χ4v) is 4.48. The number of nitrogen functional groups attached to an aromatic ring is 1. The lowest BCUT2D eigenvalue weighted by molar-refractivity contribution is -0.142. The molecule has 2 saturated heterocycles. The number of nitrogens with one attached hydrogen (secondary N) is 1. The maximum absolute atomic E-state index is 14.9. The number of anilines is 3. The Morgan fingerprint density at radius 2 is 1.92 bits per heavy atom. The molecule has 2 aliphatic heterocycles. The highest BCUT2D eigenvalue weighted by atomic mass is 19.1. The second kappa shape index (κ2) is 9.62. The molecule has 0 saturated carbocycles. The van der Waals surface area contributed by atoms with Crippen LogP contribution < -0.4 is 16.0 Å². The molecule has 5 heterocycles. The van der Waals surface area contributed by atoms with E-state index in [9.17, 15) is 18.4 Å². The first-order chi connectivity index (χ1) is 17.3. The molecule has 3 N–H and O–H groups in total. The quantitative estimate of drug-likeness (QED) is 0.515. The third-order valence-corrected chi connectivity index (χ3v) is 6.40. The van der Waals surface area contributed by atoms with Crippen molar-refractivity contribution in [3.05, 3.63) is 42.0 Å². The van der Waals surface area contributed by atoms with Crippen molar-refractivity contribution in [1.82, 2.24) is 29.4 Å². The highest BCUT2D eigenvalue weighted by Gasteiger charge is 2.33. The van der Waals surface area contributed by atoms with Gasteiger partial charge in [0, 0.05) is 32.7 Å². The molecule has 2 amide bonds. The van der Waals surface area contributed by atoms with Gasteiger partial charge in [0.15, 0.2) is 23.1 Å². The molecular weight excluding hydrogens is 476 g/mol. The number of halogens is 2. The van der Waals surface area contributed by atoms with E-state index in [1.54, 1.807) is 9.80 Å². The standard InChI is InChI=1S/C22H25F2N9O3/c1-30-6-7-36-12-16(30)22(35)32-4-2-31(3-5-32)18-14(24)9-26-10-15(18)28-21(34)17-19(25)29-33-11-13(23)8-27-20(17)33/h8-11,16H,2-7,12H2,1H3,(H2,25,29)(H,28,34). The van der Waals surface area contributed by atoms with Gasteiger partial charge in [0.2, 0.25) is 5.91 Å². The summed E-state index contributed by atoms with van der Waals surface area (Å²) in [4.78, 5) is 39.3. The molecular formula is C22H25F2N9O3. The monoisotopic (exact) mass is 501 g/mol. The lowest BCUT2D eigenvalue weighted by Gasteiger charge is -2.40. The van der Waals surface area contributed by atoms with Gasteiger partial charge in [0.25, 0.3) is 5.91 Å². The van der Waals surface area contributed by atoms with Crippen LogP contribution in [0.3, 0.4) is 0 Å². The van der Waals surface area contributed by atoms with Crippen LogP contribution in [-0.2, 0) is 9.53 Å². The Kier molecular flexibility index (Phi) is 6.36. The van der Waals surface area contributed by atoms with Gasteiger partial charge in [-0.15, -0.1) is 5.10 Å². The Morgan fingerprint density at radius 1 is 1.14 bits per heavy atom. The summed E-state index contributed by atoms with van der Waals surface area (Å²) in [5.74, 6) is -2.13. The molecule has 0 spiro atoms. The summed E-state index contributed by atoms with van der Waals surface area (Å²) < 4.78 is 35.0. The predicted molar refractivity (Wildman–Crippen MR) is 126 cm³/mol. The number of pyridine rings is 1. The summed E-state index contributed by atoms with van der Waals surface area (Å²) >= 11 is 0. The van der Waals surface area contributed by atoms with Crippen molar-refractivity contribution in [3.8, 4) is 0 Å². The molecule has 1 unspecified atom stereocenters. The molecule has 2 aliphatic rings. The average molecular weight is 501 g/mol. The maximum Gasteiger partial charge on any atom is 0.263 e. The number of amides is 2. The maximum atomic E-state index is 14.9. The van der Waals surface area contributed by atoms with Gasteiger partial charge in [-0.3, -0.25) is 19.5 Å². The number of likely N-dealkylation sites (N-methyl/N-ethyl adjacent to an activating group) is 1. The minimum Gasteiger partial charge on any atom is -0.381 e. The van der Waals surface area contributed by atoms with E-state index in [1.165, 1.54) is 6.20 Å². The van der Waals surface area contributed by atoms with Crippen molar-refractivity contribution in [3.63, 3.8) is 0 Å². The summed E-state index contributed by atoms with van der Waals surface area (Å²) in [6, 6.07) is -0.337. The highest BCUT2D eigenvalue weighted by molar-refractivity contribution is 6.12. The molecule has 0 radical (unpaired) electrons. The zero-order chi connectivity index (χ0) is 25.4. The number of morpholine rings is 1. The van der Waals surface area contributed by atoms with Crippen LogP contribution in [-0.4, -0.2) is 100 Å². The van der Waals surface area contributed by atoms with Gasteiger partial charge in [-0.05, 0) is 7.05 Å². The molecule has 14 heteroatoms. The van der Waals surface area contributed by atoms with Gasteiger partial charge in [-0.2, -0.15) is 0 Å². The van der Waals surface area contributed by atoms with E-state index in [0.29, 0.717) is 45.9 Å². The van der Waals surface area contributed by atoms with Gasteiger partial charge in [-0.1, -0.05) is 0 Å². The van der Waals surface area contributed by atoms with E-state index >= 15 is 0 Å². The van der Waals surface area contributed by atoms with Gasteiger partial charge < -0.3 is 25.6 Å². The summed E-state index contributed by atoms with van der Waals surface area (Å²) in [6.45, 7) is 3.10. The predicted octanol–water partition coefficient (Wildman–Crippen LogP) is 0.216. The minimum atomic E-state index is -0.690. The number of nitrogens with zero attached hydrogens (tertiary/aromatic N) is 7. The molecule has 36 heavy (non-hydrogen) atoms. The zero-order valence-corrected chi connectivity index (χ0v) is 19.5. The lowest BCUT2D eigenvalue weighted by atomic mass is 10.1. The van der Waals surface area contributed by atoms with E-state index < -0.39 is 17.5 Å². The molecule has 1 atom stereocenters. The lowest BCUT2D eigenvalue weighted by Crippen LogP contribution is -2.57. The minimum absolute atomic E-state index is 0.0203. The SMILES string of the molecule is CN1CCOCC1C(=O)N1CCN(c2c(F)cncc2NC(=O)c2c(N)nn3cc(F)cnc23)CC1. The van der Waals surface area contributed by atoms with Crippen molar-refractivity contribution >= 4 is 34.7 Å². The van der Waals surface area contributed by atoms with Crippen molar-refractivity contribution in [1.29, 1.82) is 0 Å². The van der Waals surface area contributed by atoms with E-state index in [1.807, 2.05) is 11.9 Å². The van der Waals surface area contributed by atoms with E-state index in [-0.39, 0.29) is 40.4 Å². The van der Waals surface area contributed by atoms with Crippen LogP contribution in [0.1, 0.15) is 10.4 Å². The summed E-state index contributed by atoms with van der Waals surface area (Å²) in [5, 5.41) is 6.55. The smallest absolute Gasteiger partial charge is 0.263 e. The molecule has 0 aromatic carbocycles. The van der Waals surface area contributed by atoms with Crippen LogP contribution in [0, 0.1) is 11.6 Å². The van der Waals surface area contributed by atoms with Crippen LogP contribution in [0.25, 0.3) is 5.65 Å². The van der Waals surface area contributed by atoms with E-state index in [2.05, 4.69) is 20.4 Å². The second-order valence-corrected chi connectivity index (χ2v) is 8.66. The second-order valence-electron chi connectivity index (χ2n) is 8.66.